The average Bonchev–Trinajstić information content (AvgIpc) is 2.83. The molecule has 0 spiro atoms. The molecule has 1 aliphatic heterocycles. The number of hydrogen-bond donors (Lipinski definition) is 1. The predicted octanol–water partition coefficient (Wildman–Crippen LogP) is 5.85. The zero-order chi connectivity index (χ0) is 24.0. The monoisotopic (exact) mass is 491 g/mol. The van der Waals surface area contributed by atoms with E-state index >= 15 is 0 Å². The van der Waals surface area contributed by atoms with Crippen LogP contribution in [0.25, 0.3) is 0 Å². The minimum atomic E-state index is 0.0773. The van der Waals surface area contributed by atoms with Crippen LogP contribution in [0.2, 0.25) is 5.02 Å². The number of carbonyl (C=O) groups is 2. The van der Waals surface area contributed by atoms with Crippen molar-refractivity contribution >= 4 is 34.8 Å². The van der Waals surface area contributed by atoms with E-state index in [0.29, 0.717) is 24.5 Å². The molecular formula is C29H34ClN3O2. The lowest BCUT2D eigenvalue weighted by Gasteiger charge is -2.56. The SMILES string of the molecule is O=C(CC12CC3CC(CC(C3)C1)C2)Nc1ccc(N2CCN(C(=O)c3ccccc3)CC2)c(Cl)c1. The highest BCUT2D eigenvalue weighted by molar-refractivity contribution is 6.33. The molecule has 0 unspecified atom stereocenters. The normalized spacial score (nSPS) is 29.3. The van der Waals surface area contributed by atoms with Crippen LogP contribution in [0.3, 0.4) is 0 Å². The van der Waals surface area contributed by atoms with E-state index in [1.54, 1.807) is 0 Å². The Morgan fingerprint density at radius 1 is 0.886 bits per heavy atom. The molecule has 5 nitrogen and oxygen atoms in total. The van der Waals surface area contributed by atoms with Gasteiger partial charge in [0.15, 0.2) is 0 Å². The van der Waals surface area contributed by atoms with Crippen LogP contribution >= 0.6 is 11.6 Å². The number of nitrogens with zero attached hydrogens (tertiary/aromatic N) is 2. The quantitative estimate of drug-likeness (QED) is 0.571. The molecule has 4 bridgehead atoms. The summed E-state index contributed by atoms with van der Waals surface area (Å²) in [5.41, 5.74) is 2.69. The van der Waals surface area contributed by atoms with Crippen molar-refractivity contribution < 1.29 is 9.59 Å². The van der Waals surface area contributed by atoms with Crippen LogP contribution in [0, 0.1) is 23.2 Å². The first-order valence-electron chi connectivity index (χ1n) is 13.2. The first kappa shape index (κ1) is 22.9. The zero-order valence-corrected chi connectivity index (χ0v) is 21.0. The Balaban J connectivity index is 1.05. The third kappa shape index (κ3) is 4.67. The second-order valence-corrected chi connectivity index (χ2v) is 11.9. The van der Waals surface area contributed by atoms with Crippen LogP contribution < -0.4 is 10.2 Å². The Bertz CT molecular complexity index is 1070. The summed E-state index contributed by atoms with van der Waals surface area (Å²) in [6.07, 6.45) is 8.56. The van der Waals surface area contributed by atoms with Gasteiger partial charge in [-0.2, -0.15) is 0 Å². The van der Waals surface area contributed by atoms with Crippen LogP contribution in [-0.4, -0.2) is 42.9 Å². The van der Waals surface area contributed by atoms with Gasteiger partial charge < -0.3 is 15.1 Å². The lowest BCUT2D eigenvalue weighted by Crippen LogP contribution is -2.48. The third-order valence-corrected chi connectivity index (χ3v) is 9.16. The molecular weight excluding hydrogens is 458 g/mol. The van der Waals surface area contributed by atoms with Crippen molar-refractivity contribution in [2.45, 2.75) is 44.9 Å². The number of hydrogen-bond acceptors (Lipinski definition) is 3. The molecule has 0 aromatic heterocycles. The lowest BCUT2D eigenvalue weighted by molar-refractivity contribution is -0.124. The number of nitrogens with one attached hydrogen (secondary N) is 1. The second-order valence-electron chi connectivity index (χ2n) is 11.5. The van der Waals surface area contributed by atoms with E-state index in [2.05, 4.69) is 10.2 Å². The molecule has 6 heteroatoms. The van der Waals surface area contributed by atoms with E-state index in [1.165, 1.54) is 38.5 Å². The minimum absolute atomic E-state index is 0.0773. The summed E-state index contributed by atoms with van der Waals surface area (Å²) in [6, 6.07) is 15.3. The van der Waals surface area contributed by atoms with Gasteiger partial charge in [0.1, 0.15) is 0 Å². The van der Waals surface area contributed by atoms with Gasteiger partial charge in [0, 0.05) is 43.9 Å². The molecule has 1 heterocycles. The third-order valence-electron chi connectivity index (χ3n) is 8.86. The highest BCUT2D eigenvalue weighted by Crippen LogP contribution is 2.61. The summed E-state index contributed by atoms with van der Waals surface area (Å²) in [4.78, 5) is 29.9. The van der Waals surface area contributed by atoms with E-state index in [-0.39, 0.29) is 17.2 Å². The summed E-state index contributed by atoms with van der Waals surface area (Å²) in [5, 5.41) is 3.77. The molecule has 35 heavy (non-hydrogen) atoms. The van der Waals surface area contributed by atoms with Crippen LogP contribution in [0.5, 0.6) is 0 Å². The molecule has 0 radical (unpaired) electrons. The maximum absolute atomic E-state index is 13.0. The van der Waals surface area contributed by atoms with Crippen molar-refractivity contribution in [2.24, 2.45) is 23.2 Å². The molecule has 0 atom stereocenters. The number of benzene rings is 2. The fourth-order valence-electron chi connectivity index (χ4n) is 7.81. The molecule has 1 saturated heterocycles. The number of amides is 2. The largest absolute Gasteiger partial charge is 0.367 e. The second kappa shape index (κ2) is 9.16. The van der Waals surface area contributed by atoms with E-state index in [0.717, 1.165) is 47.8 Å². The van der Waals surface area contributed by atoms with Gasteiger partial charge >= 0.3 is 0 Å². The molecule has 184 valence electrons. The summed E-state index contributed by atoms with van der Waals surface area (Å²) in [6.45, 7) is 2.78. The molecule has 5 fully saturated rings. The number of halogens is 1. The summed E-state index contributed by atoms with van der Waals surface area (Å²) >= 11 is 6.67. The Kier molecular flexibility index (Phi) is 6.00. The maximum Gasteiger partial charge on any atom is 0.253 e. The van der Waals surface area contributed by atoms with E-state index in [9.17, 15) is 9.59 Å². The number of anilines is 2. The molecule has 7 rings (SSSR count). The van der Waals surface area contributed by atoms with Gasteiger partial charge in [-0.05, 0) is 92.0 Å². The molecule has 2 amide bonds. The van der Waals surface area contributed by atoms with Crippen molar-refractivity contribution in [3.63, 3.8) is 0 Å². The highest BCUT2D eigenvalue weighted by Gasteiger charge is 2.51. The Hall–Kier alpha value is -2.53. The zero-order valence-electron chi connectivity index (χ0n) is 20.2. The van der Waals surface area contributed by atoms with Gasteiger partial charge in [-0.15, -0.1) is 0 Å². The van der Waals surface area contributed by atoms with Gasteiger partial charge in [-0.25, -0.2) is 0 Å². The molecule has 4 aliphatic carbocycles. The van der Waals surface area contributed by atoms with Crippen molar-refractivity contribution in [1.82, 2.24) is 4.90 Å². The topological polar surface area (TPSA) is 52.7 Å². The van der Waals surface area contributed by atoms with Gasteiger partial charge in [0.2, 0.25) is 5.91 Å². The standard InChI is InChI=1S/C29H34ClN3O2/c30-25-15-24(31-27(34)19-29-16-20-12-21(17-29)14-22(13-20)18-29)6-7-26(25)32-8-10-33(11-9-32)28(35)23-4-2-1-3-5-23/h1-7,15,20-22H,8-14,16-19H2,(H,31,34). The minimum Gasteiger partial charge on any atom is -0.367 e. The van der Waals surface area contributed by atoms with Crippen LogP contribution in [0.4, 0.5) is 11.4 Å². The van der Waals surface area contributed by atoms with Gasteiger partial charge in [-0.3, -0.25) is 9.59 Å². The smallest absolute Gasteiger partial charge is 0.253 e. The van der Waals surface area contributed by atoms with Crippen molar-refractivity contribution in [2.75, 3.05) is 36.4 Å². The first-order valence-corrected chi connectivity index (χ1v) is 13.5. The Morgan fingerprint density at radius 2 is 1.51 bits per heavy atom. The van der Waals surface area contributed by atoms with Gasteiger partial charge in [0.25, 0.3) is 5.91 Å². The fourth-order valence-corrected chi connectivity index (χ4v) is 8.11. The highest BCUT2D eigenvalue weighted by atomic mass is 35.5. The number of piperazine rings is 1. The van der Waals surface area contributed by atoms with Crippen molar-refractivity contribution in [3.05, 3.63) is 59.1 Å². The first-order chi connectivity index (χ1) is 17.0. The van der Waals surface area contributed by atoms with E-state index in [4.69, 9.17) is 11.6 Å². The summed E-state index contributed by atoms with van der Waals surface area (Å²) < 4.78 is 0. The predicted molar refractivity (Wildman–Crippen MR) is 140 cm³/mol. The van der Waals surface area contributed by atoms with Crippen molar-refractivity contribution in [3.8, 4) is 0 Å². The van der Waals surface area contributed by atoms with E-state index in [1.807, 2.05) is 53.4 Å². The van der Waals surface area contributed by atoms with Crippen LogP contribution in [0.1, 0.15) is 55.3 Å². The van der Waals surface area contributed by atoms with Gasteiger partial charge in [0.05, 0.1) is 10.7 Å². The fraction of sp³-hybridized carbons (Fsp3) is 0.517. The number of rotatable bonds is 5. The average molecular weight is 492 g/mol. The van der Waals surface area contributed by atoms with Crippen molar-refractivity contribution in [1.29, 1.82) is 0 Å². The maximum atomic E-state index is 13.0. The van der Waals surface area contributed by atoms with Crippen LogP contribution in [0.15, 0.2) is 48.5 Å². The van der Waals surface area contributed by atoms with E-state index < -0.39 is 0 Å². The molecule has 1 N–H and O–H groups in total. The molecule has 5 aliphatic rings. The number of carbonyl (C=O) groups excluding carboxylic acids is 2. The lowest BCUT2D eigenvalue weighted by atomic mass is 9.49. The summed E-state index contributed by atoms with van der Waals surface area (Å²) in [5.74, 6) is 2.76. The Labute approximate surface area is 212 Å². The van der Waals surface area contributed by atoms with Gasteiger partial charge in [-0.1, -0.05) is 29.8 Å². The molecule has 4 saturated carbocycles. The molecule has 2 aromatic rings. The van der Waals surface area contributed by atoms with Crippen LogP contribution in [-0.2, 0) is 4.79 Å². The Morgan fingerprint density at radius 3 is 2.11 bits per heavy atom. The summed E-state index contributed by atoms with van der Waals surface area (Å²) in [7, 11) is 0. The molecule has 2 aromatic carbocycles.